The molecule has 36 heavy (non-hydrogen) atoms. The van der Waals surface area contributed by atoms with Gasteiger partial charge in [0.15, 0.2) is 0 Å². The van der Waals surface area contributed by atoms with E-state index in [-0.39, 0.29) is 38.3 Å². The fourth-order valence-corrected chi connectivity index (χ4v) is 6.31. The van der Waals surface area contributed by atoms with Crippen molar-refractivity contribution in [1.29, 1.82) is 0 Å². The minimum atomic E-state index is -4.01. The van der Waals surface area contributed by atoms with E-state index in [2.05, 4.69) is 0 Å². The molecule has 0 heterocycles. The van der Waals surface area contributed by atoms with Crippen LogP contribution in [0.3, 0.4) is 0 Å². The Hall–Kier alpha value is -2.78. The molecule has 0 bridgehead atoms. The highest BCUT2D eigenvalue weighted by Gasteiger charge is 2.46. The van der Waals surface area contributed by atoms with E-state index in [4.69, 9.17) is 9.47 Å². The van der Waals surface area contributed by atoms with Gasteiger partial charge in [0.05, 0.1) is 20.3 Å². The van der Waals surface area contributed by atoms with E-state index in [0.29, 0.717) is 5.75 Å². The van der Waals surface area contributed by atoms with Gasteiger partial charge in [-0.2, -0.15) is 0 Å². The van der Waals surface area contributed by atoms with Crippen molar-refractivity contribution < 1.29 is 27.4 Å². The molecule has 8 heteroatoms. The SMILES string of the molecule is COc1ccc(CN(C)S(=O)(=O)C(COCc2ccccc2)C(C)(CCO)c2ccccc2F)cc1. The average molecular weight is 516 g/mol. The summed E-state index contributed by atoms with van der Waals surface area (Å²) in [6.45, 7) is 1.53. The maximum absolute atomic E-state index is 15.0. The van der Waals surface area contributed by atoms with E-state index >= 15 is 4.39 Å². The standard InChI is InChI=1S/C28H34FNO5S/c1-28(17-18-31,25-11-7-8-12-26(25)29)27(21-35-20-23-9-5-4-6-10-23)36(32,33)30(2)19-22-13-15-24(34-3)16-14-22/h4-16,27,31H,17-21H2,1-3H3. The Morgan fingerprint density at radius 3 is 2.22 bits per heavy atom. The number of halogens is 1. The molecule has 194 valence electrons. The number of hydrogen-bond donors (Lipinski definition) is 1. The Labute approximate surface area is 213 Å². The zero-order chi connectivity index (χ0) is 26.2. The Morgan fingerprint density at radius 1 is 0.972 bits per heavy atom. The molecule has 0 aliphatic rings. The largest absolute Gasteiger partial charge is 0.497 e. The molecule has 0 aliphatic heterocycles. The van der Waals surface area contributed by atoms with Gasteiger partial charge in [0, 0.05) is 25.6 Å². The van der Waals surface area contributed by atoms with E-state index in [1.807, 2.05) is 30.3 Å². The second-order valence-corrected chi connectivity index (χ2v) is 11.2. The average Bonchev–Trinajstić information content (AvgIpc) is 2.87. The Kier molecular flexibility index (Phi) is 9.62. The first-order chi connectivity index (χ1) is 17.2. The van der Waals surface area contributed by atoms with Crippen molar-refractivity contribution in [1.82, 2.24) is 4.31 Å². The van der Waals surface area contributed by atoms with Gasteiger partial charge in [0.2, 0.25) is 10.0 Å². The van der Waals surface area contributed by atoms with Crippen molar-refractivity contribution in [3.8, 4) is 5.75 Å². The van der Waals surface area contributed by atoms with Crippen molar-refractivity contribution in [2.45, 2.75) is 37.2 Å². The predicted molar refractivity (Wildman–Crippen MR) is 139 cm³/mol. The summed E-state index contributed by atoms with van der Waals surface area (Å²) in [5.41, 5.74) is 0.661. The molecule has 1 N–H and O–H groups in total. The second kappa shape index (κ2) is 12.5. The predicted octanol–water partition coefficient (Wildman–Crippen LogP) is 4.52. The monoisotopic (exact) mass is 515 g/mol. The minimum absolute atomic E-state index is 0.0445. The van der Waals surface area contributed by atoms with Gasteiger partial charge in [-0.3, -0.25) is 0 Å². The zero-order valence-electron chi connectivity index (χ0n) is 20.9. The Morgan fingerprint density at radius 2 is 1.61 bits per heavy atom. The van der Waals surface area contributed by atoms with Crippen molar-refractivity contribution in [2.24, 2.45) is 0 Å². The normalized spacial score (nSPS) is 14.4. The molecule has 0 saturated heterocycles. The third-order valence-electron chi connectivity index (χ3n) is 6.57. The van der Waals surface area contributed by atoms with Crippen LogP contribution in [0, 0.1) is 5.82 Å². The molecule has 0 radical (unpaired) electrons. The summed E-state index contributed by atoms with van der Waals surface area (Å²) in [6.07, 6.45) is 0.0445. The molecule has 0 saturated carbocycles. The Balaban J connectivity index is 1.96. The van der Waals surface area contributed by atoms with Gasteiger partial charge in [-0.05, 0) is 41.3 Å². The minimum Gasteiger partial charge on any atom is -0.497 e. The topological polar surface area (TPSA) is 76.1 Å². The number of aliphatic hydroxyl groups excluding tert-OH is 1. The molecular formula is C28H34FNO5S. The van der Waals surface area contributed by atoms with Gasteiger partial charge in [0.1, 0.15) is 16.8 Å². The Bertz CT molecular complexity index is 1200. The molecule has 3 rings (SSSR count). The highest BCUT2D eigenvalue weighted by Crippen LogP contribution is 2.38. The van der Waals surface area contributed by atoms with Gasteiger partial charge in [-0.1, -0.05) is 67.6 Å². The molecule has 0 aliphatic carbocycles. The van der Waals surface area contributed by atoms with Gasteiger partial charge < -0.3 is 14.6 Å². The van der Waals surface area contributed by atoms with Crippen LogP contribution in [-0.2, 0) is 33.3 Å². The molecule has 2 unspecified atom stereocenters. The number of benzene rings is 3. The molecule has 3 aromatic carbocycles. The summed E-state index contributed by atoms with van der Waals surface area (Å²) in [7, 11) is -0.945. The maximum atomic E-state index is 15.0. The van der Waals surface area contributed by atoms with Crippen molar-refractivity contribution >= 4 is 10.0 Å². The molecule has 3 aromatic rings. The van der Waals surface area contributed by atoms with Gasteiger partial charge in [0.25, 0.3) is 0 Å². The van der Waals surface area contributed by atoms with E-state index < -0.39 is 26.5 Å². The van der Waals surface area contributed by atoms with Gasteiger partial charge in [-0.25, -0.2) is 17.1 Å². The molecule has 0 amide bonds. The summed E-state index contributed by atoms with van der Waals surface area (Å²) in [6, 6.07) is 22.7. The van der Waals surface area contributed by atoms with Crippen molar-refractivity contribution in [3.63, 3.8) is 0 Å². The third-order valence-corrected chi connectivity index (χ3v) is 8.94. The zero-order valence-corrected chi connectivity index (χ0v) is 21.7. The summed E-state index contributed by atoms with van der Waals surface area (Å²) >= 11 is 0. The molecule has 2 atom stereocenters. The summed E-state index contributed by atoms with van der Waals surface area (Å²) in [5, 5.41) is 8.76. The van der Waals surface area contributed by atoms with Crippen LogP contribution in [0.15, 0.2) is 78.9 Å². The van der Waals surface area contributed by atoms with Crippen molar-refractivity contribution in [3.05, 3.63) is 101 Å². The fourth-order valence-electron chi connectivity index (χ4n) is 4.38. The molecule has 6 nitrogen and oxygen atoms in total. The molecule has 0 spiro atoms. The quantitative estimate of drug-likeness (QED) is 0.362. The smallest absolute Gasteiger partial charge is 0.220 e. The summed E-state index contributed by atoms with van der Waals surface area (Å²) in [5.74, 6) is 0.154. The number of hydrogen-bond acceptors (Lipinski definition) is 5. The van der Waals surface area contributed by atoms with E-state index in [1.54, 1.807) is 56.5 Å². The van der Waals surface area contributed by atoms with Crippen LogP contribution < -0.4 is 4.74 Å². The third kappa shape index (κ3) is 6.50. The number of rotatable bonds is 13. The second-order valence-electron chi connectivity index (χ2n) is 9.01. The van der Waals surface area contributed by atoms with Crippen molar-refractivity contribution in [2.75, 3.05) is 27.4 Å². The van der Waals surface area contributed by atoms with Gasteiger partial charge >= 0.3 is 0 Å². The number of sulfonamides is 1. The lowest BCUT2D eigenvalue weighted by molar-refractivity contribution is 0.0976. The van der Waals surface area contributed by atoms with E-state index in [9.17, 15) is 13.5 Å². The van der Waals surface area contributed by atoms with Crippen LogP contribution >= 0.6 is 0 Å². The molecule has 0 fully saturated rings. The number of aliphatic hydroxyl groups is 1. The highest BCUT2D eigenvalue weighted by atomic mass is 32.2. The van der Waals surface area contributed by atoms with E-state index in [0.717, 1.165) is 11.1 Å². The number of nitrogens with zero attached hydrogens (tertiary/aromatic N) is 1. The van der Waals surface area contributed by atoms with Crippen LogP contribution in [0.4, 0.5) is 4.39 Å². The first-order valence-corrected chi connectivity index (χ1v) is 13.3. The maximum Gasteiger partial charge on any atom is 0.220 e. The number of ether oxygens (including phenoxy) is 2. The van der Waals surface area contributed by atoms with Crippen LogP contribution in [0.25, 0.3) is 0 Å². The molecular weight excluding hydrogens is 481 g/mol. The van der Waals surface area contributed by atoms with Gasteiger partial charge in [-0.15, -0.1) is 0 Å². The number of methoxy groups -OCH3 is 1. The fraction of sp³-hybridized carbons (Fsp3) is 0.357. The summed E-state index contributed by atoms with van der Waals surface area (Å²) < 4.78 is 55.4. The first kappa shape index (κ1) is 27.8. The lowest BCUT2D eigenvalue weighted by Crippen LogP contribution is -2.51. The lowest BCUT2D eigenvalue weighted by Gasteiger charge is -2.39. The molecule has 0 aromatic heterocycles. The van der Waals surface area contributed by atoms with Crippen LogP contribution in [0.2, 0.25) is 0 Å². The summed E-state index contributed by atoms with van der Waals surface area (Å²) in [4.78, 5) is 0. The first-order valence-electron chi connectivity index (χ1n) is 11.8. The van der Waals surface area contributed by atoms with Crippen LogP contribution in [0.5, 0.6) is 5.75 Å². The highest BCUT2D eigenvalue weighted by molar-refractivity contribution is 7.89. The lowest BCUT2D eigenvalue weighted by atomic mass is 9.76. The van der Waals surface area contributed by atoms with E-state index in [1.165, 1.54) is 17.4 Å². The van der Waals surface area contributed by atoms with Crippen LogP contribution in [0.1, 0.15) is 30.0 Å². The van der Waals surface area contributed by atoms with Crippen LogP contribution in [-0.4, -0.2) is 50.5 Å².